The third-order valence-corrected chi connectivity index (χ3v) is 10.6. The van der Waals surface area contributed by atoms with Crippen molar-refractivity contribution >= 4 is 66.4 Å². The van der Waals surface area contributed by atoms with Gasteiger partial charge in [0.05, 0.1) is 22.8 Å². The van der Waals surface area contributed by atoms with Gasteiger partial charge < -0.3 is 30.7 Å². The molecule has 5 aromatic rings. The van der Waals surface area contributed by atoms with E-state index in [9.17, 15) is 9.59 Å². The maximum Gasteiger partial charge on any atom is 0.426 e. The summed E-state index contributed by atoms with van der Waals surface area (Å²) < 4.78 is 3.69. The van der Waals surface area contributed by atoms with Crippen LogP contribution in [0.4, 0.5) is 21.0 Å². The fourth-order valence-corrected chi connectivity index (χ4v) is 8.04. The predicted molar refractivity (Wildman–Crippen MR) is 198 cm³/mol. The van der Waals surface area contributed by atoms with Crippen molar-refractivity contribution in [3.8, 4) is 0 Å². The van der Waals surface area contributed by atoms with E-state index in [0.29, 0.717) is 51.1 Å². The summed E-state index contributed by atoms with van der Waals surface area (Å²) in [5.41, 5.74) is 12.7. The monoisotopic (exact) mass is 785 g/mol. The Kier molecular flexibility index (Phi) is 9.88. The minimum absolute atomic E-state index is 0.0604. The fourth-order valence-electron chi connectivity index (χ4n) is 6.76. The number of carbonyl (C=O) groups excluding carboxylic acids is 2. The van der Waals surface area contributed by atoms with E-state index in [1.807, 2.05) is 77.7 Å². The number of nitrogens with one attached hydrogen (secondary N) is 2. The van der Waals surface area contributed by atoms with Gasteiger partial charge in [-0.25, -0.2) is 14.6 Å². The van der Waals surface area contributed by atoms with Gasteiger partial charge in [-0.2, -0.15) is 0 Å². The van der Waals surface area contributed by atoms with Crippen LogP contribution in [0.25, 0.3) is 11.0 Å². The number of aromatic nitrogens is 2. The number of carbonyl (C=O) groups is 2. The van der Waals surface area contributed by atoms with Crippen LogP contribution < -0.4 is 16.4 Å². The van der Waals surface area contributed by atoms with E-state index in [-0.39, 0.29) is 12.1 Å². The lowest BCUT2D eigenvalue weighted by molar-refractivity contribution is -0.120. The molecule has 49 heavy (non-hydrogen) atoms. The molecule has 4 aromatic carbocycles. The number of halogens is 2. The zero-order valence-corrected chi connectivity index (χ0v) is 30.0. The molecule has 1 atom stereocenters. The highest BCUT2D eigenvalue weighted by Crippen LogP contribution is 2.33. The molecule has 2 aliphatic heterocycles. The maximum atomic E-state index is 13.6. The summed E-state index contributed by atoms with van der Waals surface area (Å²) in [4.78, 5) is 39.6. The number of anilines is 2. The van der Waals surface area contributed by atoms with Crippen molar-refractivity contribution in [2.75, 3.05) is 30.7 Å². The minimum Gasteiger partial charge on any atom is -0.397 e. The Labute approximate surface area is 301 Å². The molecule has 3 amide bonds. The van der Waals surface area contributed by atoms with Crippen molar-refractivity contribution in [1.29, 1.82) is 0 Å². The first-order valence-corrected chi connectivity index (χ1v) is 18.0. The number of hydroxylamine groups is 2. The smallest absolute Gasteiger partial charge is 0.397 e. The molecule has 1 saturated heterocycles. The van der Waals surface area contributed by atoms with Crippen LogP contribution in [0.3, 0.4) is 0 Å². The molecule has 0 spiro atoms. The van der Waals surface area contributed by atoms with E-state index in [1.165, 1.54) is 0 Å². The van der Waals surface area contributed by atoms with Crippen LogP contribution in [-0.4, -0.2) is 57.3 Å². The number of nitrogens with zero attached hydrogens (tertiary/aromatic N) is 4. The molecule has 0 bridgehead atoms. The molecule has 0 saturated carbocycles. The van der Waals surface area contributed by atoms with E-state index in [0.717, 1.165) is 54.6 Å². The van der Waals surface area contributed by atoms with Crippen molar-refractivity contribution in [2.45, 2.75) is 44.3 Å². The first-order chi connectivity index (χ1) is 23.8. The second kappa shape index (κ2) is 14.6. The van der Waals surface area contributed by atoms with E-state index in [4.69, 9.17) is 15.6 Å². The number of rotatable bonds is 8. The molecule has 12 heteroatoms. The molecule has 252 valence electrons. The number of nitrogens with two attached hydrogens (primary N) is 1. The van der Waals surface area contributed by atoms with Gasteiger partial charge in [0, 0.05) is 53.3 Å². The third kappa shape index (κ3) is 7.46. The Morgan fingerprint density at radius 3 is 2.41 bits per heavy atom. The zero-order chi connectivity index (χ0) is 33.9. The molecule has 4 N–H and O–H groups in total. The lowest BCUT2D eigenvalue weighted by atomic mass is 10.0. The summed E-state index contributed by atoms with van der Waals surface area (Å²) in [6.45, 7) is 2.27. The summed E-state index contributed by atoms with van der Waals surface area (Å²) in [6.07, 6.45) is 2.07. The summed E-state index contributed by atoms with van der Waals surface area (Å²) >= 11 is 7.15. The highest BCUT2D eigenvalue weighted by Gasteiger charge is 2.32. The number of hydrogen-bond donors (Lipinski definition) is 3. The predicted octanol–water partition coefficient (Wildman–Crippen LogP) is 7.67. The van der Waals surface area contributed by atoms with Crippen LogP contribution in [0.1, 0.15) is 41.4 Å². The SMILES string of the molecule is Nc1c(Br)cc(C[C@@H](NC(=O)ON2CCC(N3CCc4ccccc4NC3=O)CC2)c2nc3ccccc3n2Cc2ccccc2)cc1Br. The van der Waals surface area contributed by atoms with Crippen LogP contribution in [-0.2, 0) is 24.2 Å². The lowest BCUT2D eigenvalue weighted by Gasteiger charge is -2.37. The van der Waals surface area contributed by atoms with Crippen molar-refractivity contribution in [3.63, 3.8) is 0 Å². The summed E-state index contributed by atoms with van der Waals surface area (Å²) in [7, 11) is 0. The van der Waals surface area contributed by atoms with Gasteiger partial charge >= 0.3 is 12.1 Å². The van der Waals surface area contributed by atoms with Gasteiger partial charge in [-0.15, -0.1) is 5.06 Å². The minimum atomic E-state index is -0.557. The maximum absolute atomic E-state index is 13.6. The van der Waals surface area contributed by atoms with Crippen LogP contribution >= 0.6 is 31.9 Å². The summed E-state index contributed by atoms with van der Waals surface area (Å²) in [5.74, 6) is 0.720. The molecule has 2 aliphatic rings. The number of para-hydroxylation sites is 3. The number of piperidine rings is 1. The Hall–Kier alpha value is -4.39. The molecule has 1 aromatic heterocycles. The highest BCUT2D eigenvalue weighted by molar-refractivity contribution is 9.11. The molecule has 0 aliphatic carbocycles. The van der Waals surface area contributed by atoms with E-state index < -0.39 is 12.1 Å². The fraction of sp³-hybridized carbons (Fsp3) is 0.270. The second-order valence-corrected chi connectivity index (χ2v) is 14.2. The van der Waals surface area contributed by atoms with E-state index in [2.05, 4.69) is 65.3 Å². The van der Waals surface area contributed by atoms with Gasteiger partial charge in [-0.1, -0.05) is 60.7 Å². The summed E-state index contributed by atoms with van der Waals surface area (Å²) in [6, 6.07) is 29.5. The first-order valence-electron chi connectivity index (χ1n) is 16.4. The Balaban J connectivity index is 1.08. The number of amides is 3. The average Bonchev–Trinajstić information content (AvgIpc) is 3.37. The quantitative estimate of drug-likeness (QED) is 0.139. The molecule has 0 unspecified atom stereocenters. The number of fused-ring (bicyclic) bond motifs is 2. The van der Waals surface area contributed by atoms with E-state index in [1.54, 1.807) is 5.06 Å². The topological polar surface area (TPSA) is 118 Å². The lowest BCUT2D eigenvalue weighted by Crippen LogP contribution is -2.49. The standard InChI is InChI=1S/C37H37Br2N7O3/c38-28-20-25(21-29(39)34(28)40)22-32(35-41-31-12-6-7-13-33(31)46(35)23-24-8-2-1-3-9-24)43-37(48)49-44-17-15-27(16-18-44)45-19-14-26-10-4-5-11-30(26)42-36(45)47/h1-13,20-21,27,32H,14-19,22-23,40H2,(H,42,47)(H,43,48)/t32-/m1/s1. The van der Waals surface area contributed by atoms with Crippen LogP contribution in [0.5, 0.6) is 0 Å². The summed E-state index contributed by atoms with van der Waals surface area (Å²) in [5, 5.41) is 7.91. The number of nitrogen functional groups attached to an aromatic ring is 1. The van der Waals surface area contributed by atoms with Crippen molar-refractivity contribution in [1.82, 2.24) is 24.8 Å². The molecular formula is C37H37Br2N7O3. The van der Waals surface area contributed by atoms with Gasteiger partial charge in [0.15, 0.2) is 0 Å². The number of imidazole rings is 1. The van der Waals surface area contributed by atoms with Crippen LogP contribution in [0.15, 0.2) is 99.9 Å². The van der Waals surface area contributed by atoms with Gasteiger partial charge in [0.25, 0.3) is 0 Å². The molecule has 7 rings (SSSR count). The van der Waals surface area contributed by atoms with Crippen molar-refractivity contribution in [2.24, 2.45) is 0 Å². The molecule has 0 radical (unpaired) electrons. The number of hydrogen-bond acceptors (Lipinski definition) is 6. The van der Waals surface area contributed by atoms with E-state index >= 15 is 0 Å². The molecular weight excluding hydrogens is 750 g/mol. The van der Waals surface area contributed by atoms with Gasteiger partial charge in [-0.3, -0.25) is 0 Å². The van der Waals surface area contributed by atoms with Crippen LogP contribution in [0, 0.1) is 0 Å². The van der Waals surface area contributed by atoms with Gasteiger partial charge in [0.1, 0.15) is 5.82 Å². The normalized spacial score (nSPS) is 16.1. The van der Waals surface area contributed by atoms with Crippen molar-refractivity contribution < 1.29 is 14.4 Å². The zero-order valence-electron chi connectivity index (χ0n) is 26.8. The van der Waals surface area contributed by atoms with Crippen LogP contribution in [0.2, 0.25) is 0 Å². The largest absolute Gasteiger partial charge is 0.426 e. The Morgan fingerprint density at radius 2 is 1.63 bits per heavy atom. The molecule has 3 heterocycles. The molecule has 1 fully saturated rings. The van der Waals surface area contributed by atoms with Crippen molar-refractivity contribution in [3.05, 3.63) is 122 Å². The van der Waals surface area contributed by atoms with Gasteiger partial charge in [0.2, 0.25) is 0 Å². The Bertz CT molecular complexity index is 1950. The van der Waals surface area contributed by atoms with Gasteiger partial charge in [-0.05, 0) is 98.1 Å². The third-order valence-electron chi connectivity index (χ3n) is 9.27. The second-order valence-electron chi connectivity index (χ2n) is 12.5. The first kappa shape index (κ1) is 33.1. The molecule has 10 nitrogen and oxygen atoms in total. The number of urea groups is 1. The number of benzene rings is 4. The highest BCUT2D eigenvalue weighted by atomic mass is 79.9. The average molecular weight is 788 g/mol. The Morgan fingerprint density at radius 1 is 0.939 bits per heavy atom.